The summed E-state index contributed by atoms with van der Waals surface area (Å²) in [6.07, 6.45) is 1.35. The van der Waals surface area contributed by atoms with Gasteiger partial charge in [0.1, 0.15) is 0 Å². The third-order valence-electron chi connectivity index (χ3n) is 3.04. The number of rotatable bonds is 4. The van der Waals surface area contributed by atoms with Crippen molar-refractivity contribution in [2.45, 2.75) is 19.9 Å². The maximum atomic E-state index is 3.27. The number of likely N-dealkylation sites (tertiary alicyclic amines) is 1. The van der Waals surface area contributed by atoms with Crippen molar-refractivity contribution in [1.82, 2.24) is 10.2 Å². The molecule has 1 aliphatic rings. The molecule has 2 nitrogen and oxygen atoms in total. The lowest BCUT2D eigenvalue weighted by Crippen LogP contribution is -2.24. The first-order valence-electron chi connectivity index (χ1n) is 5.70. The largest absolute Gasteiger partial charge is 0.319 e. The third-order valence-corrected chi connectivity index (χ3v) is 4.02. The predicted molar refractivity (Wildman–Crippen MR) is 66.4 cm³/mol. The van der Waals surface area contributed by atoms with E-state index in [-0.39, 0.29) is 0 Å². The zero-order chi connectivity index (χ0) is 10.7. The predicted octanol–water partition coefficient (Wildman–Crippen LogP) is 2.10. The number of thiophene rings is 1. The van der Waals surface area contributed by atoms with E-state index in [1.807, 2.05) is 18.4 Å². The topological polar surface area (TPSA) is 15.3 Å². The number of nitrogens with one attached hydrogen (secondary N) is 1. The summed E-state index contributed by atoms with van der Waals surface area (Å²) in [6.45, 7) is 7.03. The normalized spacial score (nSPS) is 22.4. The first-order valence-corrected chi connectivity index (χ1v) is 6.52. The van der Waals surface area contributed by atoms with Crippen molar-refractivity contribution in [1.29, 1.82) is 0 Å². The van der Waals surface area contributed by atoms with Crippen LogP contribution in [-0.2, 0) is 6.54 Å². The summed E-state index contributed by atoms with van der Waals surface area (Å²) in [5.41, 5.74) is 0. The average Bonchev–Trinajstić information content (AvgIpc) is 2.78. The molecule has 2 rings (SSSR count). The Morgan fingerprint density at radius 3 is 3.07 bits per heavy atom. The quantitative estimate of drug-likeness (QED) is 0.842. The van der Waals surface area contributed by atoms with Crippen molar-refractivity contribution < 1.29 is 0 Å². The van der Waals surface area contributed by atoms with E-state index in [4.69, 9.17) is 0 Å². The molecule has 1 fully saturated rings. The van der Waals surface area contributed by atoms with Crippen LogP contribution in [0.4, 0.5) is 0 Å². The highest BCUT2D eigenvalue weighted by Crippen LogP contribution is 2.21. The molecule has 0 aromatic carbocycles. The lowest BCUT2D eigenvalue weighted by molar-refractivity contribution is 0.318. The first-order chi connectivity index (χ1) is 7.28. The molecule has 1 N–H and O–H groups in total. The molecule has 0 unspecified atom stereocenters. The van der Waals surface area contributed by atoms with Crippen LogP contribution in [0.5, 0.6) is 0 Å². The number of nitrogens with zero attached hydrogens (tertiary/aromatic N) is 1. The Hall–Kier alpha value is -0.380. The molecule has 0 aliphatic carbocycles. The van der Waals surface area contributed by atoms with Crippen LogP contribution >= 0.6 is 11.3 Å². The van der Waals surface area contributed by atoms with Crippen molar-refractivity contribution in [3.8, 4) is 0 Å². The smallest absolute Gasteiger partial charge is 0.0328 e. The minimum atomic E-state index is 0.857. The third kappa shape index (κ3) is 3.03. The Morgan fingerprint density at radius 2 is 2.40 bits per heavy atom. The second-order valence-corrected chi connectivity index (χ2v) is 5.83. The molecule has 0 saturated carbocycles. The molecule has 1 aromatic heterocycles. The summed E-state index contributed by atoms with van der Waals surface area (Å²) in [7, 11) is 2.05. The lowest BCUT2D eigenvalue weighted by Gasteiger charge is -2.14. The van der Waals surface area contributed by atoms with Crippen molar-refractivity contribution in [2.24, 2.45) is 5.92 Å². The first kappa shape index (κ1) is 11.1. The molecule has 0 bridgehead atoms. The standard InChI is InChI=1S/C12H20N2S/c1-10-3-4-12(15-10)9-14-6-5-11(8-14)7-13-2/h3-4,11,13H,5-9H2,1-2H3/t11-/m0/s1. The Labute approximate surface area is 96.3 Å². The lowest BCUT2D eigenvalue weighted by atomic mass is 10.1. The number of hydrogen-bond acceptors (Lipinski definition) is 3. The van der Waals surface area contributed by atoms with Gasteiger partial charge in [0, 0.05) is 22.8 Å². The summed E-state index contributed by atoms with van der Waals surface area (Å²) < 4.78 is 0. The van der Waals surface area contributed by atoms with Gasteiger partial charge in [-0.1, -0.05) is 0 Å². The van der Waals surface area contributed by atoms with Gasteiger partial charge in [-0.2, -0.15) is 0 Å². The summed E-state index contributed by atoms with van der Waals surface area (Å²) in [4.78, 5) is 5.52. The second-order valence-electron chi connectivity index (χ2n) is 4.46. The van der Waals surface area contributed by atoms with Gasteiger partial charge in [-0.25, -0.2) is 0 Å². The fourth-order valence-corrected chi connectivity index (χ4v) is 3.24. The summed E-state index contributed by atoms with van der Waals surface area (Å²) in [6, 6.07) is 4.49. The van der Waals surface area contributed by atoms with Gasteiger partial charge in [0.2, 0.25) is 0 Å². The van der Waals surface area contributed by atoms with E-state index in [0.29, 0.717) is 0 Å². The van der Waals surface area contributed by atoms with E-state index in [2.05, 4.69) is 29.3 Å². The van der Waals surface area contributed by atoms with Crippen molar-refractivity contribution in [2.75, 3.05) is 26.7 Å². The molecule has 0 radical (unpaired) electrons. The van der Waals surface area contributed by atoms with E-state index >= 15 is 0 Å². The Balaban J connectivity index is 1.82. The molecule has 1 atom stereocenters. The van der Waals surface area contributed by atoms with E-state index in [1.54, 1.807) is 0 Å². The number of hydrogen-bond donors (Lipinski definition) is 1. The van der Waals surface area contributed by atoms with Gasteiger partial charge in [0.05, 0.1) is 0 Å². The zero-order valence-corrected chi connectivity index (χ0v) is 10.4. The maximum absolute atomic E-state index is 3.27. The van der Waals surface area contributed by atoms with E-state index in [0.717, 1.165) is 12.5 Å². The molecule has 84 valence electrons. The maximum Gasteiger partial charge on any atom is 0.0328 e. The molecular formula is C12H20N2S. The van der Waals surface area contributed by atoms with Crippen LogP contribution in [0.3, 0.4) is 0 Å². The van der Waals surface area contributed by atoms with E-state index < -0.39 is 0 Å². The fraction of sp³-hybridized carbons (Fsp3) is 0.667. The van der Waals surface area contributed by atoms with Gasteiger partial charge in [-0.3, -0.25) is 4.90 Å². The van der Waals surface area contributed by atoms with E-state index in [1.165, 1.54) is 35.8 Å². The van der Waals surface area contributed by atoms with Crippen LogP contribution in [0.2, 0.25) is 0 Å². The summed E-state index contributed by atoms with van der Waals surface area (Å²) >= 11 is 1.93. The van der Waals surface area contributed by atoms with Gasteiger partial charge < -0.3 is 5.32 Å². The van der Waals surface area contributed by atoms with Crippen molar-refractivity contribution >= 4 is 11.3 Å². The van der Waals surface area contributed by atoms with Gasteiger partial charge >= 0.3 is 0 Å². The van der Waals surface area contributed by atoms with Crippen molar-refractivity contribution in [3.05, 3.63) is 21.9 Å². The molecule has 1 aliphatic heterocycles. The Morgan fingerprint density at radius 1 is 1.53 bits per heavy atom. The monoisotopic (exact) mass is 224 g/mol. The molecule has 0 amide bonds. The second kappa shape index (κ2) is 5.10. The molecule has 1 saturated heterocycles. The van der Waals surface area contributed by atoms with Gasteiger partial charge in [0.15, 0.2) is 0 Å². The fourth-order valence-electron chi connectivity index (χ4n) is 2.30. The van der Waals surface area contributed by atoms with Gasteiger partial charge in [-0.15, -0.1) is 11.3 Å². The van der Waals surface area contributed by atoms with Crippen LogP contribution in [0.15, 0.2) is 12.1 Å². The summed E-state index contributed by atoms with van der Waals surface area (Å²) in [5, 5.41) is 3.27. The molecule has 0 spiro atoms. The van der Waals surface area contributed by atoms with Crippen LogP contribution in [0.25, 0.3) is 0 Å². The minimum absolute atomic E-state index is 0.857. The van der Waals surface area contributed by atoms with Crippen LogP contribution in [-0.4, -0.2) is 31.6 Å². The SMILES string of the molecule is CNC[C@@H]1CCN(Cc2ccc(C)s2)C1. The highest BCUT2D eigenvalue weighted by molar-refractivity contribution is 7.11. The Kier molecular flexibility index (Phi) is 3.78. The molecule has 1 aromatic rings. The van der Waals surface area contributed by atoms with Gasteiger partial charge in [0.25, 0.3) is 0 Å². The average molecular weight is 224 g/mol. The zero-order valence-electron chi connectivity index (χ0n) is 9.62. The molecular weight excluding hydrogens is 204 g/mol. The number of aryl methyl sites for hydroxylation is 1. The highest BCUT2D eigenvalue weighted by atomic mass is 32.1. The van der Waals surface area contributed by atoms with Crippen LogP contribution < -0.4 is 5.32 Å². The molecule has 3 heteroatoms. The van der Waals surface area contributed by atoms with Crippen molar-refractivity contribution in [3.63, 3.8) is 0 Å². The molecule has 2 heterocycles. The highest BCUT2D eigenvalue weighted by Gasteiger charge is 2.21. The van der Waals surface area contributed by atoms with Gasteiger partial charge in [-0.05, 0) is 51.5 Å². The summed E-state index contributed by atoms with van der Waals surface area (Å²) in [5.74, 6) is 0.857. The Bertz CT molecular complexity index is 308. The van der Waals surface area contributed by atoms with Crippen LogP contribution in [0, 0.1) is 12.8 Å². The van der Waals surface area contributed by atoms with Crippen LogP contribution in [0.1, 0.15) is 16.2 Å². The van der Waals surface area contributed by atoms with E-state index in [9.17, 15) is 0 Å². The molecule has 15 heavy (non-hydrogen) atoms. The minimum Gasteiger partial charge on any atom is -0.319 e.